The van der Waals surface area contributed by atoms with Crippen LogP contribution in [-0.4, -0.2) is 61.1 Å². The Morgan fingerprint density at radius 2 is 1.76 bits per heavy atom. The summed E-state index contributed by atoms with van der Waals surface area (Å²) in [6.07, 6.45) is 0. The van der Waals surface area contributed by atoms with Crippen molar-refractivity contribution in [3.05, 3.63) is 36.4 Å². The molecule has 1 aliphatic rings. The maximum absolute atomic E-state index is 12.1. The fourth-order valence-corrected chi connectivity index (χ4v) is 2.92. The van der Waals surface area contributed by atoms with Crippen LogP contribution in [0.25, 0.3) is 10.8 Å². The zero-order valence-corrected chi connectivity index (χ0v) is 13.9. The lowest BCUT2D eigenvalue weighted by atomic mass is 10.1. The molecule has 3 rings (SSSR count). The van der Waals surface area contributed by atoms with E-state index in [1.54, 1.807) is 36.4 Å². The van der Waals surface area contributed by atoms with Crippen molar-refractivity contribution in [1.82, 2.24) is 15.5 Å². The van der Waals surface area contributed by atoms with Gasteiger partial charge in [0.2, 0.25) is 0 Å². The highest BCUT2D eigenvalue weighted by Gasteiger charge is 2.16. The number of benzene rings is 2. The number of hydrogen-bond acceptors (Lipinski definition) is 5. The second-order valence-electron chi connectivity index (χ2n) is 5.98. The number of carbonyl (C=O) groups is 2. The second kappa shape index (κ2) is 7.96. The molecule has 7 heteroatoms. The van der Waals surface area contributed by atoms with Crippen LogP contribution in [-0.2, 0) is 9.59 Å². The number of anilines is 1. The van der Waals surface area contributed by atoms with Gasteiger partial charge in [0, 0.05) is 55.7 Å². The quantitative estimate of drug-likeness (QED) is 0.608. The number of amides is 2. The molecule has 2 amide bonds. The number of nitrogens with one attached hydrogen (secondary N) is 3. The highest BCUT2D eigenvalue weighted by atomic mass is 16.3. The molecule has 0 spiro atoms. The SMILES string of the molecule is O=C(NCCN1CCNCC1)C(=O)Nc1cccc2c(O)cccc12. The molecule has 7 nitrogen and oxygen atoms in total. The number of rotatable bonds is 4. The van der Waals surface area contributed by atoms with Crippen LogP contribution in [0.2, 0.25) is 0 Å². The van der Waals surface area contributed by atoms with E-state index in [4.69, 9.17) is 0 Å². The van der Waals surface area contributed by atoms with Crippen LogP contribution in [0.3, 0.4) is 0 Å². The summed E-state index contributed by atoms with van der Waals surface area (Å²) in [5, 5.41) is 19.7. The van der Waals surface area contributed by atoms with Crippen LogP contribution in [0, 0.1) is 0 Å². The molecule has 2 aromatic rings. The van der Waals surface area contributed by atoms with E-state index in [2.05, 4.69) is 20.9 Å². The summed E-state index contributed by atoms with van der Waals surface area (Å²) in [5.41, 5.74) is 0.496. The third kappa shape index (κ3) is 4.26. The maximum atomic E-state index is 12.1. The number of phenolic OH excluding ortho intramolecular Hbond substituents is 1. The van der Waals surface area contributed by atoms with Crippen LogP contribution in [0.5, 0.6) is 5.75 Å². The predicted octanol–water partition coefficient (Wildman–Crippen LogP) is 0.505. The minimum Gasteiger partial charge on any atom is -0.507 e. The van der Waals surface area contributed by atoms with Crippen LogP contribution >= 0.6 is 0 Å². The van der Waals surface area contributed by atoms with Crippen molar-refractivity contribution in [2.75, 3.05) is 44.6 Å². The molecule has 1 heterocycles. The van der Waals surface area contributed by atoms with E-state index in [9.17, 15) is 14.7 Å². The lowest BCUT2D eigenvalue weighted by Crippen LogP contribution is -2.47. The molecule has 25 heavy (non-hydrogen) atoms. The van der Waals surface area contributed by atoms with Crippen molar-refractivity contribution in [2.24, 2.45) is 0 Å². The van der Waals surface area contributed by atoms with E-state index < -0.39 is 11.8 Å². The number of carbonyl (C=O) groups excluding carboxylic acids is 2. The number of hydrogen-bond donors (Lipinski definition) is 4. The first kappa shape index (κ1) is 17.2. The van der Waals surface area contributed by atoms with Gasteiger partial charge in [-0.2, -0.15) is 0 Å². The summed E-state index contributed by atoms with van der Waals surface area (Å²) < 4.78 is 0. The van der Waals surface area contributed by atoms with Crippen molar-refractivity contribution >= 4 is 28.3 Å². The molecule has 0 aliphatic carbocycles. The van der Waals surface area contributed by atoms with Gasteiger partial charge in [-0.15, -0.1) is 0 Å². The number of phenols is 1. The van der Waals surface area contributed by atoms with Crippen molar-refractivity contribution in [2.45, 2.75) is 0 Å². The molecular formula is C18H22N4O3. The predicted molar refractivity (Wildman–Crippen MR) is 96.6 cm³/mol. The van der Waals surface area contributed by atoms with E-state index in [0.717, 1.165) is 32.7 Å². The van der Waals surface area contributed by atoms with E-state index in [1.807, 2.05) is 0 Å². The van der Waals surface area contributed by atoms with Gasteiger partial charge in [-0.1, -0.05) is 24.3 Å². The van der Waals surface area contributed by atoms with Gasteiger partial charge in [-0.3, -0.25) is 14.5 Å². The monoisotopic (exact) mass is 342 g/mol. The Hall–Kier alpha value is -2.64. The topological polar surface area (TPSA) is 93.7 Å². The average Bonchev–Trinajstić information content (AvgIpc) is 2.63. The number of piperazine rings is 1. The van der Waals surface area contributed by atoms with Gasteiger partial charge in [0.1, 0.15) is 5.75 Å². The third-order valence-electron chi connectivity index (χ3n) is 4.28. The fraction of sp³-hybridized carbons (Fsp3) is 0.333. The third-order valence-corrected chi connectivity index (χ3v) is 4.28. The number of aromatic hydroxyl groups is 1. The van der Waals surface area contributed by atoms with Crippen LogP contribution in [0.4, 0.5) is 5.69 Å². The van der Waals surface area contributed by atoms with Crippen molar-refractivity contribution in [3.8, 4) is 5.75 Å². The lowest BCUT2D eigenvalue weighted by Gasteiger charge is -2.26. The van der Waals surface area contributed by atoms with E-state index in [1.165, 1.54) is 0 Å². The van der Waals surface area contributed by atoms with Gasteiger partial charge in [0.15, 0.2) is 0 Å². The van der Waals surface area contributed by atoms with Crippen molar-refractivity contribution in [1.29, 1.82) is 0 Å². The Balaban J connectivity index is 1.56. The Labute approximate surface area is 146 Å². The van der Waals surface area contributed by atoms with E-state index >= 15 is 0 Å². The standard InChI is InChI=1S/C18H22N4O3/c23-16-6-2-3-13-14(16)4-1-5-15(13)21-18(25)17(24)20-9-12-22-10-7-19-8-11-22/h1-6,19,23H,7-12H2,(H,20,24)(H,21,25). The van der Waals surface area contributed by atoms with Gasteiger partial charge in [-0.25, -0.2) is 0 Å². The van der Waals surface area contributed by atoms with Crippen LogP contribution in [0.15, 0.2) is 36.4 Å². The highest BCUT2D eigenvalue weighted by molar-refractivity contribution is 6.40. The van der Waals surface area contributed by atoms with Gasteiger partial charge in [0.05, 0.1) is 0 Å². The summed E-state index contributed by atoms with van der Waals surface area (Å²) in [6.45, 7) is 4.94. The summed E-state index contributed by atoms with van der Waals surface area (Å²) >= 11 is 0. The normalized spacial score (nSPS) is 15.0. The van der Waals surface area contributed by atoms with Crippen molar-refractivity contribution in [3.63, 3.8) is 0 Å². The Morgan fingerprint density at radius 1 is 1.04 bits per heavy atom. The summed E-state index contributed by atoms with van der Waals surface area (Å²) in [7, 11) is 0. The summed E-state index contributed by atoms with van der Waals surface area (Å²) in [6, 6.07) is 10.2. The summed E-state index contributed by atoms with van der Waals surface area (Å²) in [4.78, 5) is 26.3. The molecule has 1 fully saturated rings. The molecule has 2 aromatic carbocycles. The Morgan fingerprint density at radius 3 is 2.56 bits per heavy atom. The van der Waals surface area contributed by atoms with E-state index in [-0.39, 0.29) is 5.75 Å². The highest BCUT2D eigenvalue weighted by Crippen LogP contribution is 2.29. The van der Waals surface area contributed by atoms with E-state index in [0.29, 0.717) is 23.0 Å². The Bertz CT molecular complexity index is 772. The molecule has 1 aliphatic heterocycles. The maximum Gasteiger partial charge on any atom is 0.313 e. The first-order valence-corrected chi connectivity index (χ1v) is 8.38. The Kier molecular flexibility index (Phi) is 5.47. The zero-order valence-electron chi connectivity index (χ0n) is 13.9. The average molecular weight is 342 g/mol. The zero-order chi connectivity index (χ0) is 17.6. The molecule has 0 bridgehead atoms. The molecule has 4 N–H and O–H groups in total. The smallest absolute Gasteiger partial charge is 0.313 e. The number of fused-ring (bicyclic) bond motifs is 1. The first-order valence-electron chi connectivity index (χ1n) is 8.38. The molecule has 0 aromatic heterocycles. The van der Waals surface area contributed by atoms with Crippen LogP contribution < -0.4 is 16.0 Å². The van der Waals surface area contributed by atoms with Gasteiger partial charge in [0.25, 0.3) is 0 Å². The molecule has 0 unspecified atom stereocenters. The van der Waals surface area contributed by atoms with Gasteiger partial charge < -0.3 is 21.1 Å². The van der Waals surface area contributed by atoms with Crippen LogP contribution in [0.1, 0.15) is 0 Å². The minimum absolute atomic E-state index is 0.133. The molecule has 132 valence electrons. The van der Waals surface area contributed by atoms with Crippen molar-refractivity contribution < 1.29 is 14.7 Å². The molecular weight excluding hydrogens is 320 g/mol. The minimum atomic E-state index is -0.712. The molecule has 0 radical (unpaired) electrons. The number of nitrogens with zero attached hydrogens (tertiary/aromatic N) is 1. The van der Waals surface area contributed by atoms with Gasteiger partial charge >= 0.3 is 11.8 Å². The largest absolute Gasteiger partial charge is 0.507 e. The molecule has 1 saturated heterocycles. The molecule has 0 atom stereocenters. The molecule has 0 saturated carbocycles. The van der Waals surface area contributed by atoms with Gasteiger partial charge in [-0.05, 0) is 12.1 Å². The first-order chi connectivity index (χ1) is 12.1. The summed E-state index contributed by atoms with van der Waals surface area (Å²) in [5.74, 6) is -1.24. The second-order valence-corrected chi connectivity index (χ2v) is 5.98. The lowest BCUT2D eigenvalue weighted by molar-refractivity contribution is -0.136. The fourth-order valence-electron chi connectivity index (χ4n) is 2.92.